The Morgan fingerprint density at radius 3 is 2.37 bits per heavy atom. The molecule has 5 heteroatoms. The third kappa shape index (κ3) is 2.07. The van der Waals surface area contributed by atoms with Crippen LogP contribution in [0.1, 0.15) is 36.6 Å². The molecule has 0 saturated carbocycles. The number of halogens is 3. The maximum Gasteiger partial charge on any atom is 0.432 e. The van der Waals surface area contributed by atoms with Crippen LogP contribution in [-0.2, 0) is 13.2 Å². The van der Waals surface area contributed by atoms with E-state index in [1.54, 1.807) is 24.3 Å². The van der Waals surface area contributed by atoms with E-state index in [0.717, 1.165) is 10.1 Å². The average molecular weight is 266 g/mol. The van der Waals surface area contributed by atoms with E-state index in [1.807, 2.05) is 13.8 Å². The Labute approximate surface area is 109 Å². The molecule has 19 heavy (non-hydrogen) atoms. The van der Waals surface area contributed by atoms with Crippen molar-refractivity contribution in [3.8, 4) is 6.07 Å². The van der Waals surface area contributed by atoms with E-state index in [0.29, 0.717) is 10.9 Å². The van der Waals surface area contributed by atoms with Gasteiger partial charge in [0, 0.05) is 18.0 Å². The van der Waals surface area contributed by atoms with Gasteiger partial charge in [-0.3, -0.25) is 0 Å². The molecule has 0 unspecified atom stereocenters. The van der Waals surface area contributed by atoms with Crippen LogP contribution >= 0.6 is 0 Å². The Kier molecular flexibility index (Phi) is 3.05. The fourth-order valence-electron chi connectivity index (χ4n) is 2.27. The zero-order valence-corrected chi connectivity index (χ0v) is 10.8. The molecule has 0 N–H and O–H groups in total. The number of aromatic nitrogens is 1. The van der Waals surface area contributed by atoms with Crippen LogP contribution in [0.5, 0.6) is 0 Å². The molecule has 1 heterocycles. The van der Waals surface area contributed by atoms with Crippen molar-refractivity contribution in [1.29, 1.82) is 5.26 Å². The van der Waals surface area contributed by atoms with Crippen molar-refractivity contribution in [2.45, 2.75) is 25.9 Å². The fourth-order valence-corrected chi connectivity index (χ4v) is 2.27. The first-order valence-corrected chi connectivity index (χ1v) is 5.87. The number of nitrogens with zero attached hydrogens (tertiary/aromatic N) is 2. The Hall–Kier alpha value is -1.96. The second-order valence-electron chi connectivity index (χ2n) is 4.82. The minimum Gasteiger partial charge on any atom is -0.339 e. The van der Waals surface area contributed by atoms with Gasteiger partial charge < -0.3 is 4.57 Å². The zero-order valence-electron chi connectivity index (χ0n) is 10.8. The molecule has 0 radical (unpaired) electrons. The third-order valence-corrected chi connectivity index (χ3v) is 3.27. The summed E-state index contributed by atoms with van der Waals surface area (Å²) in [6, 6.07) is 6.81. The van der Waals surface area contributed by atoms with E-state index < -0.39 is 11.9 Å². The molecule has 0 atom stereocenters. The Morgan fingerprint density at radius 2 is 1.89 bits per heavy atom. The lowest BCUT2D eigenvalue weighted by Gasteiger charge is -2.08. The van der Waals surface area contributed by atoms with Gasteiger partial charge in [0.1, 0.15) is 11.8 Å². The minimum atomic E-state index is -4.53. The van der Waals surface area contributed by atoms with Crippen LogP contribution in [0, 0.1) is 11.3 Å². The lowest BCUT2D eigenvalue weighted by Crippen LogP contribution is -2.12. The molecule has 0 aliphatic rings. The van der Waals surface area contributed by atoms with Gasteiger partial charge in [-0.05, 0) is 23.6 Å². The molecular formula is C14H13F3N2. The zero-order chi connectivity index (χ0) is 14.4. The number of benzene rings is 1. The number of nitriles is 1. The smallest absolute Gasteiger partial charge is 0.339 e. The van der Waals surface area contributed by atoms with E-state index in [1.165, 1.54) is 7.05 Å². The second-order valence-corrected chi connectivity index (χ2v) is 4.82. The van der Waals surface area contributed by atoms with Gasteiger partial charge in [-0.15, -0.1) is 0 Å². The second kappa shape index (κ2) is 4.30. The lowest BCUT2D eigenvalue weighted by atomic mass is 10.0. The number of aryl methyl sites for hydroxylation is 1. The molecule has 100 valence electrons. The van der Waals surface area contributed by atoms with E-state index in [4.69, 9.17) is 5.26 Å². The van der Waals surface area contributed by atoms with Crippen molar-refractivity contribution in [2.24, 2.45) is 7.05 Å². The van der Waals surface area contributed by atoms with Crippen molar-refractivity contribution in [3.63, 3.8) is 0 Å². The largest absolute Gasteiger partial charge is 0.432 e. The van der Waals surface area contributed by atoms with Crippen molar-refractivity contribution in [2.75, 3.05) is 0 Å². The predicted octanol–water partition coefficient (Wildman–Crippen LogP) is 4.19. The minimum absolute atomic E-state index is 0.200. The van der Waals surface area contributed by atoms with Gasteiger partial charge in [0.05, 0.1) is 5.56 Å². The number of rotatable bonds is 1. The summed E-state index contributed by atoms with van der Waals surface area (Å²) in [6.07, 6.45) is -4.53. The monoisotopic (exact) mass is 266 g/mol. The summed E-state index contributed by atoms with van der Waals surface area (Å²) in [7, 11) is 1.33. The highest BCUT2D eigenvalue weighted by molar-refractivity contribution is 5.89. The summed E-state index contributed by atoms with van der Waals surface area (Å²) in [5, 5.41) is 9.42. The average Bonchev–Trinajstić information content (AvgIpc) is 2.61. The fraction of sp³-hybridized carbons (Fsp3) is 0.357. The molecule has 0 aliphatic heterocycles. The summed E-state index contributed by atoms with van der Waals surface area (Å²) >= 11 is 0. The molecule has 0 saturated heterocycles. The van der Waals surface area contributed by atoms with Gasteiger partial charge in [-0.2, -0.15) is 18.4 Å². The topological polar surface area (TPSA) is 28.7 Å². The van der Waals surface area contributed by atoms with E-state index >= 15 is 0 Å². The van der Waals surface area contributed by atoms with Crippen molar-refractivity contribution in [1.82, 2.24) is 4.57 Å². The first-order chi connectivity index (χ1) is 8.77. The van der Waals surface area contributed by atoms with Crippen LogP contribution in [0.15, 0.2) is 18.2 Å². The number of hydrogen-bond donors (Lipinski definition) is 0. The third-order valence-electron chi connectivity index (χ3n) is 3.27. The van der Waals surface area contributed by atoms with Crippen molar-refractivity contribution in [3.05, 3.63) is 35.0 Å². The molecule has 0 amide bonds. The molecule has 0 spiro atoms. The summed E-state index contributed by atoms with van der Waals surface area (Å²) in [5.41, 5.74) is 0.162. The van der Waals surface area contributed by atoms with Gasteiger partial charge in [0.2, 0.25) is 0 Å². The van der Waals surface area contributed by atoms with Crippen LogP contribution in [0.3, 0.4) is 0 Å². The van der Waals surface area contributed by atoms with Crippen molar-refractivity contribution >= 4 is 10.9 Å². The van der Waals surface area contributed by atoms with Crippen molar-refractivity contribution < 1.29 is 13.2 Å². The lowest BCUT2D eigenvalue weighted by molar-refractivity contribution is -0.143. The Balaban J connectivity index is 2.87. The first kappa shape index (κ1) is 13.5. The maximum absolute atomic E-state index is 13.0. The molecule has 1 aromatic heterocycles. The SMILES string of the molecule is CC(C)c1ccc2c(c1)c(C#N)c(C(F)(F)F)n2C. The molecule has 2 rings (SSSR count). The quantitative estimate of drug-likeness (QED) is 0.760. The standard InChI is InChI=1S/C14H13F3N2/c1-8(2)9-4-5-12-10(6-9)11(7-18)13(19(12)3)14(15,16)17/h4-6,8H,1-3H3. The number of alkyl halides is 3. The van der Waals surface area contributed by atoms with E-state index in [-0.39, 0.29) is 11.5 Å². The van der Waals surface area contributed by atoms with Crippen LogP contribution in [-0.4, -0.2) is 4.57 Å². The molecule has 2 aromatic rings. The molecule has 1 aromatic carbocycles. The van der Waals surface area contributed by atoms with Gasteiger partial charge in [0.25, 0.3) is 0 Å². The maximum atomic E-state index is 13.0. The summed E-state index contributed by atoms with van der Waals surface area (Å²) in [6.45, 7) is 3.92. The molecular weight excluding hydrogens is 253 g/mol. The van der Waals surface area contributed by atoms with E-state index in [2.05, 4.69) is 0 Å². The molecule has 0 bridgehead atoms. The van der Waals surface area contributed by atoms with Gasteiger partial charge >= 0.3 is 6.18 Å². The summed E-state index contributed by atoms with van der Waals surface area (Å²) in [4.78, 5) is 0. The molecule has 2 nitrogen and oxygen atoms in total. The summed E-state index contributed by atoms with van der Waals surface area (Å²) in [5.74, 6) is 0.200. The van der Waals surface area contributed by atoms with E-state index in [9.17, 15) is 13.2 Å². The van der Waals surface area contributed by atoms with Crippen LogP contribution in [0.2, 0.25) is 0 Å². The molecule has 0 fully saturated rings. The van der Waals surface area contributed by atoms with Gasteiger partial charge in [-0.1, -0.05) is 19.9 Å². The van der Waals surface area contributed by atoms with Crippen LogP contribution < -0.4 is 0 Å². The van der Waals surface area contributed by atoms with Crippen LogP contribution in [0.4, 0.5) is 13.2 Å². The highest BCUT2D eigenvalue weighted by atomic mass is 19.4. The molecule has 0 aliphatic carbocycles. The summed E-state index contributed by atoms with van der Waals surface area (Å²) < 4.78 is 40.1. The first-order valence-electron chi connectivity index (χ1n) is 5.87. The highest BCUT2D eigenvalue weighted by Gasteiger charge is 2.38. The highest BCUT2D eigenvalue weighted by Crippen LogP contribution is 2.37. The Bertz CT molecular complexity index is 673. The predicted molar refractivity (Wildman–Crippen MR) is 66.7 cm³/mol. The Morgan fingerprint density at radius 1 is 1.26 bits per heavy atom. The van der Waals surface area contributed by atoms with Crippen LogP contribution in [0.25, 0.3) is 10.9 Å². The normalized spacial score (nSPS) is 12.1. The number of fused-ring (bicyclic) bond motifs is 1. The van der Waals surface area contributed by atoms with Gasteiger partial charge in [0.15, 0.2) is 0 Å². The van der Waals surface area contributed by atoms with Gasteiger partial charge in [-0.25, -0.2) is 0 Å². The number of hydrogen-bond acceptors (Lipinski definition) is 1.